The number of nitrogens with zero attached hydrogens (tertiary/aromatic N) is 1. The number of ether oxygens (including phenoxy) is 2. The molecule has 0 saturated heterocycles. The molecule has 2 aromatic heterocycles. The van der Waals surface area contributed by atoms with Gasteiger partial charge in [0.15, 0.2) is 11.5 Å². The summed E-state index contributed by atoms with van der Waals surface area (Å²) in [5.74, 6) is 1.40. The van der Waals surface area contributed by atoms with Crippen molar-refractivity contribution in [1.82, 2.24) is 4.98 Å². The maximum absolute atomic E-state index is 13.3. The monoisotopic (exact) mass is 464 g/mol. The predicted octanol–water partition coefficient (Wildman–Crippen LogP) is 6.42. The zero-order valence-corrected chi connectivity index (χ0v) is 19.9. The summed E-state index contributed by atoms with van der Waals surface area (Å²) in [7, 11) is 3.12. The number of methoxy groups -OCH3 is 2. The number of para-hydroxylation sites is 2. The van der Waals surface area contributed by atoms with Crippen molar-refractivity contribution in [2.24, 2.45) is 5.92 Å². The van der Waals surface area contributed by atoms with E-state index in [0.717, 1.165) is 45.1 Å². The first-order valence-electron chi connectivity index (χ1n) is 10.6. The van der Waals surface area contributed by atoms with Crippen LogP contribution in [0.1, 0.15) is 34.1 Å². The number of amides is 1. The minimum atomic E-state index is -0.213. The molecule has 0 aliphatic heterocycles. The Morgan fingerprint density at radius 2 is 1.94 bits per heavy atom. The van der Waals surface area contributed by atoms with E-state index in [2.05, 4.69) is 18.3 Å². The van der Waals surface area contributed by atoms with Crippen LogP contribution in [0.15, 0.2) is 42.5 Å². The minimum Gasteiger partial charge on any atom is -0.493 e. The first-order chi connectivity index (χ1) is 15.6. The second kappa shape index (κ2) is 8.56. The maximum atomic E-state index is 13.3. The third-order valence-corrected chi connectivity index (χ3v) is 8.12. The summed E-state index contributed by atoms with van der Waals surface area (Å²) in [5, 5.41) is 5.00. The summed E-state index contributed by atoms with van der Waals surface area (Å²) in [5.41, 5.74) is 3.85. The van der Waals surface area contributed by atoms with Crippen molar-refractivity contribution in [2.75, 3.05) is 19.5 Å². The Labute approximate surface area is 195 Å². The zero-order valence-electron chi connectivity index (χ0n) is 18.2. The van der Waals surface area contributed by atoms with Gasteiger partial charge < -0.3 is 14.8 Å². The number of fused-ring (bicyclic) bond motifs is 2. The summed E-state index contributed by atoms with van der Waals surface area (Å²) in [6.45, 7) is 2.29. The number of carbonyl (C=O) groups is 1. The summed E-state index contributed by atoms with van der Waals surface area (Å²) < 4.78 is 12.0. The Bertz CT molecular complexity index is 1280. The lowest BCUT2D eigenvalue weighted by atomic mass is 9.88. The summed E-state index contributed by atoms with van der Waals surface area (Å²) in [6, 6.07) is 13.5. The van der Waals surface area contributed by atoms with Crippen molar-refractivity contribution in [2.45, 2.75) is 26.2 Å². The second-order valence-corrected chi connectivity index (χ2v) is 10.2. The van der Waals surface area contributed by atoms with Crippen molar-refractivity contribution < 1.29 is 14.3 Å². The van der Waals surface area contributed by atoms with Gasteiger partial charge in [0.05, 0.1) is 30.0 Å². The van der Waals surface area contributed by atoms with Gasteiger partial charge in [-0.25, -0.2) is 4.98 Å². The van der Waals surface area contributed by atoms with Gasteiger partial charge in [0.1, 0.15) is 10.0 Å². The van der Waals surface area contributed by atoms with E-state index in [-0.39, 0.29) is 5.91 Å². The molecule has 0 radical (unpaired) electrons. The van der Waals surface area contributed by atoms with Crippen molar-refractivity contribution in [3.8, 4) is 22.1 Å². The largest absolute Gasteiger partial charge is 0.493 e. The number of hydrogen-bond acceptors (Lipinski definition) is 6. The van der Waals surface area contributed by atoms with Crippen LogP contribution in [0, 0.1) is 5.92 Å². The van der Waals surface area contributed by atoms with Crippen LogP contribution in [0.2, 0.25) is 0 Å². The molecule has 2 heterocycles. The summed E-state index contributed by atoms with van der Waals surface area (Å²) >= 11 is 3.36. The minimum absolute atomic E-state index is 0.213. The molecule has 7 heteroatoms. The molecule has 5 nitrogen and oxygen atoms in total. The number of carbonyl (C=O) groups excluding carboxylic acids is 1. The van der Waals surface area contributed by atoms with Gasteiger partial charge in [-0.2, -0.15) is 0 Å². The molecule has 0 spiro atoms. The van der Waals surface area contributed by atoms with E-state index >= 15 is 0 Å². The normalized spacial score (nSPS) is 15.4. The molecule has 4 aromatic rings. The fourth-order valence-electron chi connectivity index (χ4n) is 4.28. The summed E-state index contributed by atoms with van der Waals surface area (Å²) in [4.78, 5) is 19.6. The molecular weight excluding hydrogens is 440 g/mol. The smallest absolute Gasteiger partial charge is 0.260 e. The number of thiazole rings is 1. The number of aromatic nitrogens is 1. The van der Waals surface area contributed by atoms with E-state index in [0.29, 0.717) is 23.0 Å². The average molecular weight is 465 g/mol. The molecule has 1 amide bonds. The number of benzene rings is 2. The number of anilines is 1. The molecule has 1 aliphatic rings. The van der Waals surface area contributed by atoms with Crippen LogP contribution >= 0.6 is 22.7 Å². The van der Waals surface area contributed by atoms with E-state index in [1.165, 1.54) is 10.4 Å². The molecular formula is C25H24N2O3S2. The quantitative estimate of drug-likeness (QED) is 0.370. The fraction of sp³-hybridized carbons (Fsp3) is 0.280. The topological polar surface area (TPSA) is 60.5 Å². The molecule has 0 saturated carbocycles. The maximum Gasteiger partial charge on any atom is 0.260 e. The van der Waals surface area contributed by atoms with Crippen LogP contribution in [0.25, 0.3) is 20.8 Å². The standard InChI is InChI=1S/C25H24N2O3S2/c1-14-11-12-15-20(13-14)32-25(21(15)24-26-17-8-4-5-10-19(17)31-24)27-23(28)16-7-6-9-18(29-2)22(16)30-3/h4-10,14H,11-13H2,1-3H3,(H,27,28)/t14-/m1/s1. The van der Waals surface area contributed by atoms with E-state index in [9.17, 15) is 4.79 Å². The lowest BCUT2D eigenvalue weighted by Gasteiger charge is -2.18. The third-order valence-electron chi connectivity index (χ3n) is 5.89. The molecule has 32 heavy (non-hydrogen) atoms. The lowest BCUT2D eigenvalue weighted by molar-refractivity contribution is 0.102. The Balaban J connectivity index is 1.59. The van der Waals surface area contributed by atoms with Gasteiger partial charge in [-0.1, -0.05) is 25.1 Å². The molecule has 0 bridgehead atoms. The van der Waals surface area contributed by atoms with Gasteiger partial charge in [-0.15, -0.1) is 22.7 Å². The number of rotatable bonds is 5. The van der Waals surface area contributed by atoms with Crippen molar-refractivity contribution in [3.05, 3.63) is 58.5 Å². The van der Waals surface area contributed by atoms with Crippen LogP contribution < -0.4 is 14.8 Å². The molecule has 2 aromatic carbocycles. The highest BCUT2D eigenvalue weighted by Crippen LogP contribution is 2.47. The Morgan fingerprint density at radius 1 is 1.09 bits per heavy atom. The van der Waals surface area contributed by atoms with Gasteiger partial charge in [-0.05, 0) is 55.0 Å². The van der Waals surface area contributed by atoms with E-state index < -0.39 is 0 Å². The highest BCUT2D eigenvalue weighted by molar-refractivity contribution is 7.23. The fourth-order valence-corrected chi connectivity index (χ4v) is 6.80. The first-order valence-corrected chi connectivity index (χ1v) is 12.2. The van der Waals surface area contributed by atoms with Crippen LogP contribution in [-0.2, 0) is 12.8 Å². The first kappa shape index (κ1) is 21.0. The van der Waals surface area contributed by atoms with Crippen LogP contribution in [0.4, 0.5) is 5.00 Å². The zero-order chi connectivity index (χ0) is 22.2. The van der Waals surface area contributed by atoms with Crippen molar-refractivity contribution >= 4 is 43.8 Å². The molecule has 0 unspecified atom stereocenters. The molecule has 164 valence electrons. The van der Waals surface area contributed by atoms with Crippen LogP contribution in [0.3, 0.4) is 0 Å². The predicted molar refractivity (Wildman–Crippen MR) is 132 cm³/mol. The number of thiophene rings is 1. The molecule has 1 aliphatic carbocycles. The number of nitrogens with one attached hydrogen (secondary N) is 1. The van der Waals surface area contributed by atoms with Gasteiger partial charge in [0.2, 0.25) is 0 Å². The molecule has 1 atom stereocenters. The van der Waals surface area contributed by atoms with Gasteiger partial charge in [0, 0.05) is 10.4 Å². The van der Waals surface area contributed by atoms with E-state index in [1.54, 1.807) is 55.1 Å². The van der Waals surface area contributed by atoms with Crippen molar-refractivity contribution in [3.63, 3.8) is 0 Å². The van der Waals surface area contributed by atoms with Crippen LogP contribution in [0.5, 0.6) is 11.5 Å². The van der Waals surface area contributed by atoms with Gasteiger partial charge in [0.25, 0.3) is 5.91 Å². The van der Waals surface area contributed by atoms with Crippen molar-refractivity contribution in [1.29, 1.82) is 0 Å². The van der Waals surface area contributed by atoms with Gasteiger partial charge >= 0.3 is 0 Å². The Hall–Kier alpha value is -2.90. The SMILES string of the molecule is COc1cccc(C(=O)Nc2sc3c(c2-c2nc4ccccc4s2)CC[C@@H](C)C3)c1OC. The molecule has 5 rings (SSSR count). The number of hydrogen-bond donors (Lipinski definition) is 1. The highest BCUT2D eigenvalue weighted by Gasteiger charge is 2.28. The van der Waals surface area contributed by atoms with E-state index in [1.807, 2.05) is 18.2 Å². The molecule has 1 N–H and O–H groups in total. The molecule has 0 fully saturated rings. The lowest BCUT2D eigenvalue weighted by Crippen LogP contribution is -2.13. The Morgan fingerprint density at radius 3 is 2.72 bits per heavy atom. The van der Waals surface area contributed by atoms with E-state index in [4.69, 9.17) is 14.5 Å². The highest BCUT2D eigenvalue weighted by atomic mass is 32.1. The van der Waals surface area contributed by atoms with Crippen LogP contribution in [-0.4, -0.2) is 25.1 Å². The summed E-state index contributed by atoms with van der Waals surface area (Å²) in [6.07, 6.45) is 3.20. The second-order valence-electron chi connectivity index (χ2n) is 8.04. The Kier molecular flexibility index (Phi) is 5.61. The average Bonchev–Trinajstić information content (AvgIpc) is 3.38. The third kappa shape index (κ3) is 3.65. The van der Waals surface area contributed by atoms with Gasteiger partial charge in [-0.3, -0.25) is 4.79 Å².